The highest BCUT2D eigenvalue weighted by atomic mass is 32.2. The average molecular weight is 316 g/mol. The quantitative estimate of drug-likeness (QED) is 0.515. The van der Waals surface area contributed by atoms with Crippen molar-refractivity contribution in [2.75, 3.05) is 19.4 Å². The lowest BCUT2D eigenvalue weighted by Gasteiger charge is -2.28. The van der Waals surface area contributed by atoms with Gasteiger partial charge in [-0.3, -0.25) is 4.79 Å². The lowest BCUT2D eigenvalue weighted by molar-refractivity contribution is -0.148. The first-order valence-electron chi connectivity index (χ1n) is 8.47. The Bertz CT molecular complexity index is 311. The van der Waals surface area contributed by atoms with E-state index in [1.165, 1.54) is 45.0 Å². The number of unbranched alkanes of at least 4 members (excludes halogenated alkanes) is 1. The number of methoxy groups -OCH3 is 1. The molecule has 1 saturated carbocycles. The molecule has 0 saturated heterocycles. The number of esters is 1. The molecule has 0 bridgehead atoms. The topological polar surface area (TPSA) is 38.3 Å². The number of ether oxygens (including phenoxy) is 1. The van der Waals surface area contributed by atoms with Crippen molar-refractivity contribution in [3.8, 4) is 0 Å². The van der Waals surface area contributed by atoms with Crippen LogP contribution < -0.4 is 5.32 Å². The summed E-state index contributed by atoms with van der Waals surface area (Å²) in [5, 5.41) is 4.14. The van der Waals surface area contributed by atoms with Gasteiger partial charge in [0.25, 0.3) is 0 Å². The highest BCUT2D eigenvalue weighted by Crippen LogP contribution is 2.32. The molecule has 0 aromatic rings. The van der Waals surface area contributed by atoms with Crippen LogP contribution in [0.4, 0.5) is 0 Å². The molecule has 0 spiro atoms. The van der Waals surface area contributed by atoms with Gasteiger partial charge in [0, 0.05) is 5.25 Å². The van der Waals surface area contributed by atoms with Crippen molar-refractivity contribution in [2.24, 2.45) is 5.92 Å². The molecule has 124 valence electrons. The largest absolute Gasteiger partial charge is 0.468 e. The molecule has 4 heteroatoms. The molecule has 1 rings (SSSR count). The maximum Gasteiger partial charge on any atom is 0.325 e. The second-order valence-electron chi connectivity index (χ2n) is 6.58. The van der Waals surface area contributed by atoms with Crippen LogP contribution in [0.15, 0.2) is 0 Å². The lowest BCUT2D eigenvalue weighted by atomic mass is 9.91. The van der Waals surface area contributed by atoms with Gasteiger partial charge >= 0.3 is 5.97 Å². The van der Waals surface area contributed by atoms with E-state index in [0.29, 0.717) is 0 Å². The van der Waals surface area contributed by atoms with Gasteiger partial charge in [-0.05, 0) is 50.8 Å². The third-order valence-corrected chi connectivity index (χ3v) is 5.94. The first kappa shape index (κ1) is 18.8. The van der Waals surface area contributed by atoms with E-state index in [-0.39, 0.29) is 5.97 Å². The van der Waals surface area contributed by atoms with Crippen molar-refractivity contribution in [3.63, 3.8) is 0 Å². The van der Waals surface area contributed by atoms with Gasteiger partial charge in [-0.15, -0.1) is 0 Å². The van der Waals surface area contributed by atoms with E-state index in [4.69, 9.17) is 4.74 Å². The maximum absolute atomic E-state index is 11.9. The van der Waals surface area contributed by atoms with E-state index in [2.05, 4.69) is 24.0 Å². The number of hydrogen-bond acceptors (Lipinski definition) is 4. The zero-order chi connectivity index (χ0) is 15.7. The van der Waals surface area contributed by atoms with E-state index in [9.17, 15) is 4.79 Å². The van der Waals surface area contributed by atoms with Gasteiger partial charge in [0.15, 0.2) is 0 Å². The molecule has 3 atom stereocenters. The van der Waals surface area contributed by atoms with Crippen molar-refractivity contribution >= 4 is 17.7 Å². The lowest BCUT2D eigenvalue weighted by Crippen LogP contribution is -2.50. The molecule has 0 aromatic heterocycles. The number of hydrogen-bond donors (Lipinski definition) is 1. The SMILES string of the molecule is CCNC(C)(CCCCSC1CCCC(C)C1)C(=O)OC. The molecular weight excluding hydrogens is 282 g/mol. The fourth-order valence-corrected chi connectivity index (χ4v) is 4.74. The molecule has 1 N–H and O–H groups in total. The van der Waals surface area contributed by atoms with Crippen LogP contribution in [0.2, 0.25) is 0 Å². The highest BCUT2D eigenvalue weighted by molar-refractivity contribution is 7.99. The molecule has 0 amide bonds. The van der Waals surface area contributed by atoms with Crippen LogP contribution in [0.3, 0.4) is 0 Å². The Labute approximate surface area is 135 Å². The first-order chi connectivity index (χ1) is 10.0. The van der Waals surface area contributed by atoms with Gasteiger partial charge in [0.1, 0.15) is 5.54 Å². The third kappa shape index (κ3) is 6.60. The zero-order valence-corrected chi connectivity index (χ0v) is 15.1. The van der Waals surface area contributed by atoms with Crippen LogP contribution in [0.1, 0.15) is 65.7 Å². The second-order valence-corrected chi connectivity index (χ2v) is 7.98. The Morgan fingerprint density at radius 3 is 2.76 bits per heavy atom. The normalized spacial score (nSPS) is 25.3. The van der Waals surface area contributed by atoms with Gasteiger partial charge in [0.2, 0.25) is 0 Å². The monoisotopic (exact) mass is 315 g/mol. The molecule has 0 aliphatic heterocycles. The van der Waals surface area contributed by atoms with E-state index in [1.54, 1.807) is 0 Å². The summed E-state index contributed by atoms with van der Waals surface area (Å²) < 4.78 is 4.93. The minimum absolute atomic E-state index is 0.141. The summed E-state index contributed by atoms with van der Waals surface area (Å²) in [6.45, 7) is 7.16. The van der Waals surface area contributed by atoms with Crippen LogP contribution in [0.25, 0.3) is 0 Å². The fourth-order valence-electron chi connectivity index (χ4n) is 3.24. The predicted molar refractivity (Wildman–Crippen MR) is 91.8 cm³/mol. The number of thioether (sulfide) groups is 1. The number of carbonyl (C=O) groups is 1. The third-order valence-electron chi connectivity index (χ3n) is 4.52. The molecule has 3 unspecified atom stereocenters. The summed E-state index contributed by atoms with van der Waals surface area (Å²) in [6.07, 6.45) is 8.72. The van der Waals surface area contributed by atoms with E-state index in [0.717, 1.165) is 30.6 Å². The summed E-state index contributed by atoms with van der Waals surface area (Å²) in [7, 11) is 1.47. The highest BCUT2D eigenvalue weighted by Gasteiger charge is 2.32. The van der Waals surface area contributed by atoms with Crippen LogP contribution in [-0.2, 0) is 9.53 Å². The molecule has 1 aliphatic rings. The fraction of sp³-hybridized carbons (Fsp3) is 0.941. The molecule has 21 heavy (non-hydrogen) atoms. The Hall–Kier alpha value is -0.220. The van der Waals surface area contributed by atoms with Crippen LogP contribution in [-0.4, -0.2) is 36.2 Å². The number of likely N-dealkylation sites (N-methyl/N-ethyl adjacent to an activating group) is 1. The predicted octanol–water partition coefficient (Wildman–Crippen LogP) is 4.01. The molecule has 1 aliphatic carbocycles. The first-order valence-corrected chi connectivity index (χ1v) is 9.51. The minimum Gasteiger partial charge on any atom is -0.468 e. The molecule has 1 fully saturated rings. The molecule has 0 aromatic carbocycles. The Kier molecular flexibility index (Phi) is 8.72. The van der Waals surface area contributed by atoms with Gasteiger partial charge in [0.05, 0.1) is 7.11 Å². The smallest absolute Gasteiger partial charge is 0.325 e. The Morgan fingerprint density at radius 2 is 2.14 bits per heavy atom. The molecule has 0 heterocycles. The minimum atomic E-state index is -0.520. The maximum atomic E-state index is 11.9. The van der Waals surface area contributed by atoms with Crippen molar-refractivity contribution in [1.82, 2.24) is 5.32 Å². The van der Waals surface area contributed by atoms with Gasteiger partial charge in [-0.1, -0.05) is 33.1 Å². The van der Waals surface area contributed by atoms with E-state index in [1.807, 2.05) is 13.8 Å². The Morgan fingerprint density at radius 1 is 1.38 bits per heavy atom. The number of carbonyl (C=O) groups excluding carboxylic acids is 1. The summed E-state index contributed by atoms with van der Waals surface area (Å²) in [5.41, 5.74) is -0.520. The van der Waals surface area contributed by atoms with Gasteiger partial charge in [-0.2, -0.15) is 11.8 Å². The van der Waals surface area contributed by atoms with Crippen molar-refractivity contribution in [3.05, 3.63) is 0 Å². The van der Waals surface area contributed by atoms with E-state index >= 15 is 0 Å². The molecule has 0 radical (unpaired) electrons. The summed E-state index contributed by atoms with van der Waals surface area (Å²) in [4.78, 5) is 11.9. The van der Waals surface area contributed by atoms with Crippen molar-refractivity contribution < 1.29 is 9.53 Å². The van der Waals surface area contributed by atoms with E-state index < -0.39 is 5.54 Å². The number of nitrogens with one attached hydrogen (secondary N) is 1. The Balaban J connectivity index is 2.20. The van der Waals surface area contributed by atoms with Crippen LogP contribution in [0, 0.1) is 5.92 Å². The molecule has 3 nitrogen and oxygen atoms in total. The number of rotatable bonds is 9. The second kappa shape index (κ2) is 9.73. The summed E-state index contributed by atoms with van der Waals surface area (Å²) in [6, 6.07) is 0. The van der Waals surface area contributed by atoms with Gasteiger partial charge in [-0.25, -0.2) is 0 Å². The summed E-state index contributed by atoms with van der Waals surface area (Å²) >= 11 is 2.14. The molecular formula is C17H33NO2S. The van der Waals surface area contributed by atoms with Gasteiger partial charge < -0.3 is 10.1 Å². The van der Waals surface area contributed by atoms with Crippen LogP contribution >= 0.6 is 11.8 Å². The van der Waals surface area contributed by atoms with Crippen molar-refractivity contribution in [2.45, 2.75) is 76.5 Å². The van der Waals surface area contributed by atoms with Crippen LogP contribution in [0.5, 0.6) is 0 Å². The van der Waals surface area contributed by atoms with Crippen molar-refractivity contribution in [1.29, 1.82) is 0 Å². The zero-order valence-electron chi connectivity index (χ0n) is 14.2. The average Bonchev–Trinajstić information content (AvgIpc) is 2.46. The standard InChI is InChI=1S/C17H33NO2S/c1-5-18-17(3,16(19)20-4)11-6-7-12-21-15-10-8-9-14(2)13-15/h14-15,18H,5-13H2,1-4H3. The summed E-state index contributed by atoms with van der Waals surface area (Å²) in [5.74, 6) is 1.99.